The molecule has 0 aromatic heterocycles. The monoisotopic (exact) mass is 368 g/mol. The standard InChI is InChI=1S/C19H20F4N2O/c1-13(24-11-10-14-6-2-4-8-16(14)20)12-18(26)25-17-9-5-3-7-15(17)19(21,22)23/h2-9,13,24H,10-12H2,1H3,(H,25,26). The Balaban J connectivity index is 1.84. The first-order chi connectivity index (χ1) is 12.3. The Kier molecular flexibility index (Phi) is 6.74. The van der Waals surface area contributed by atoms with Gasteiger partial charge in [-0.05, 0) is 43.7 Å². The summed E-state index contributed by atoms with van der Waals surface area (Å²) in [6, 6.07) is 11.0. The Hall–Kier alpha value is -2.41. The van der Waals surface area contributed by atoms with Crippen molar-refractivity contribution in [1.29, 1.82) is 0 Å². The molecule has 140 valence electrons. The average Bonchev–Trinajstić information content (AvgIpc) is 2.56. The predicted octanol–water partition coefficient (Wildman–Crippen LogP) is 4.39. The number of amides is 1. The summed E-state index contributed by atoms with van der Waals surface area (Å²) in [5, 5.41) is 5.38. The van der Waals surface area contributed by atoms with Gasteiger partial charge in [-0.15, -0.1) is 0 Å². The molecule has 0 aliphatic carbocycles. The summed E-state index contributed by atoms with van der Waals surface area (Å²) in [5.74, 6) is -0.809. The third-order valence-corrected chi connectivity index (χ3v) is 3.84. The van der Waals surface area contributed by atoms with E-state index in [1.165, 1.54) is 24.3 Å². The lowest BCUT2D eigenvalue weighted by Gasteiger charge is -2.16. The number of hydrogen-bond donors (Lipinski definition) is 2. The first kappa shape index (κ1) is 19.9. The van der Waals surface area contributed by atoms with Crippen LogP contribution in [-0.2, 0) is 17.4 Å². The van der Waals surface area contributed by atoms with Crippen LogP contribution in [0.15, 0.2) is 48.5 Å². The van der Waals surface area contributed by atoms with Crippen molar-refractivity contribution in [1.82, 2.24) is 5.32 Å². The lowest BCUT2D eigenvalue weighted by molar-refractivity contribution is -0.137. The van der Waals surface area contributed by atoms with Crippen LogP contribution in [-0.4, -0.2) is 18.5 Å². The smallest absolute Gasteiger partial charge is 0.325 e. The second-order valence-electron chi connectivity index (χ2n) is 5.99. The molecule has 2 N–H and O–H groups in total. The molecular weight excluding hydrogens is 348 g/mol. The Morgan fingerprint density at radius 2 is 1.73 bits per heavy atom. The summed E-state index contributed by atoms with van der Waals surface area (Å²) >= 11 is 0. The van der Waals surface area contributed by atoms with E-state index in [1.54, 1.807) is 25.1 Å². The van der Waals surface area contributed by atoms with Crippen LogP contribution in [0.2, 0.25) is 0 Å². The van der Waals surface area contributed by atoms with Crippen LogP contribution in [0.4, 0.5) is 23.2 Å². The second kappa shape index (κ2) is 8.80. The fraction of sp³-hybridized carbons (Fsp3) is 0.316. The second-order valence-corrected chi connectivity index (χ2v) is 5.99. The van der Waals surface area contributed by atoms with Gasteiger partial charge in [-0.2, -0.15) is 13.2 Å². The largest absolute Gasteiger partial charge is 0.418 e. The molecule has 0 saturated heterocycles. The van der Waals surface area contributed by atoms with E-state index < -0.39 is 17.6 Å². The number of hydrogen-bond acceptors (Lipinski definition) is 2. The van der Waals surface area contributed by atoms with E-state index in [4.69, 9.17) is 0 Å². The molecule has 0 spiro atoms. The first-order valence-corrected chi connectivity index (χ1v) is 8.20. The predicted molar refractivity (Wildman–Crippen MR) is 92.3 cm³/mol. The Morgan fingerprint density at radius 3 is 2.42 bits per heavy atom. The van der Waals surface area contributed by atoms with Crippen molar-refractivity contribution in [3.05, 3.63) is 65.5 Å². The summed E-state index contributed by atoms with van der Waals surface area (Å²) in [6.45, 7) is 2.20. The van der Waals surface area contributed by atoms with Gasteiger partial charge in [0.15, 0.2) is 0 Å². The Morgan fingerprint density at radius 1 is 1.08 bits per heavy atom. The highest BCUT2D eigenvalue weighted by atomic mass is 19.4. The fourth-order valence-corrected chi connectivity index (χ4v) is 2.55. The molecule has 1 atom stereocenters. The van der Waals surface area contributed by atoms with E-state index in [2.05, 4.69) is 10.6 Å². The molecule has 0 bridgehead atoms. The van der Waals surface area contributed by atoms with Crippen molar-refractivity contribution in [3.8, 4) is 0 Å². The molecule has 2 aromatic carbocycles. The van der Waals surface area contributed by atoms with Gasteiger partial charge in [0, 0.05) is 12.5 Å². The number of para-hydroxylation sites is 1. The summed E-state index contributed by atoms with van der Waals surface area (Å²) in [4.78, 5) is 12.0. The van der Waals surface area contributed by atoms with Crippen molar-refractivity contribution in [2.75, 3.05) is 11.9 Å². The number of carbonyl (C=O) groups excluding carboxylic acids is 1. The number of carbonyl (C=O) groups is 1. The lowest BCUT2D eigenvalue weighted by atomic mass is 10.1. The Labute approximate surface area is 149 Å². The molecular formula is C19H20F4N2O. The molecule has 3 nitrogen and oxygen atoms in total. The SMILES string of the molecule is CC(CC(=O)Nc1ccccc1C(F)(F)F)NCCc1ccccc1F. The molecule has 1 unspecified atom stereocenters. The third kappa shape index (κ3) is 5.84. The van der Waals surface area contributed by atoms with Gasteiger partial charge in [0.05, 0.1) is 11.3 Å². The van der Waals surface area contributed by atoms with E-state index in [1.807, 2.05) is 0 Å². The first-order valence-electron chi connectivity index (χ1n) is 8.20. The number of halogens is 4. The number of anilines is 1. The molecule has 0 heterocycles. The molecule has 1 amide bonds. The molecule has 0 aliphatic rings. The van der Waals surface area contributed by atoms with Crippen LogP contribution < -0.4 is 10.6 Å². The summed E-state index contributed by atoms with van der Waals surface area (Å²) < 4.78 is 52.3. The van der Waals surface area contributed by atoms with Gasteiger partial charge in [-0.3, -0.25) is 4.79 Å². The molecule has 0 aliphatic heterocycles. The summed E-state index contributed by atoms with van der Waals surface area (Å²) in [7, 11) is 0. The van der Waals surface area contributed by atoms with E-state index in [0.29, 0.717) is 18.5 Å². The van der Waals surface area contributed by atoms with Gasteiger partial charge in [-0.1, -0.05) is 30.3 Å². The highest BCUT2D eigenvalue weighted by Gasteiger charge is 2.33. The minimum Gasteiger partial charge on any atom is -0.325 e. The number of nitrogens with one attached hydrogen (secondary N) is 2. The van der Waals surface area contributed by atoms with Crippen LogP contribution in [0.1, 0.15) is 24.5 Å². The average molecular weight is 368 g/mol. The topological polar surface area (TPSA) is 41.1 Å². The van der Waals surface area contributed by atoms with Gasteiger partial charge in [0.1, 0.15) is 5.82 Å². The van der Waals surface area contributed by atoms with E-state index in [9.17, 15) is 22.4 Å². The molecule has 0 saturated carbocycles. The number of alkyl halides is 3. The summed E-state index contributed by atoms with van der Waals surface area (Å²) in [6.07, 6.45) is -4.08. The zero-order valence-electron chi connectivity index (χ0n) is 14.2. The van der Waals surface area contributed by atoms with Crippen molar-refractivity contribution in [3.63, 3.8) is 0 Å². The van der Waals surface area contributed by atoms with Gasteiger partial charge in [0.2, 0.25) is 5.91 Å². The summed E-state index contributed by atoms with van der Waals surface area (Å²) in [5.41, 5.74) is -0.576. The zero-order valence-corrected chi connectivity index (χ0v) is 14.2. The highest BCUT2D eigenvalue weighted by molar-refractivity contribution is 5.92. The maximum Gasteiger partial charge on any atom is 0.418 e. The molecule has 2 aromatic rings. The number of benzene rings is 2. The Bertz CT molecular complexity index is 746. The number of rotatable bonds is 7. The minimum absolute atomic E-state index is 0.00344. The van der Waals surface area contributed by atoms with E-state index in [-0.39, 0.29) is 24.0 Å². The van der Waals surface area contributed by atoms with Crippen LogP contribution >= 0.6 is 0 Å². The van der Waals surface area contributed by atoms with Gasteiger partial charge < -0.3 is 10.6 Å². The molecule has 0 radical (unpaired) electrons. The quantitative estimate of drug-likeness (QED) is 0.712. The van der Waals surface area contributed by atoms with Crippen LogP contribution in [0.5, 0.6) is 0 Å². The normalized spacial score (nSPS) is 12.7. The van der Waals surface area contributed by atoms with Crippen molar-refractivity contribution in [2.24, 2.45) is 0 Å². The van der Waals surface area contributed by atoms with Crippen LogP contribution in [0.3, 0.4) is 0 Å². The lowest BCUT2D eigenvalue weighted by Crippen LogP contribution is -2.32. The van der Waals surface area contributed by atoms with Gasteiger partial charge in [-0.25, -0.2) is 4.39 Å². The van der Waals surface area contributed by atoms with Gasteiger partial charge >= 0.3 is 6.18 Å². The molecule has 2 rings (SSSR count). The van der Waals surface area contributed by atoms with Crippen molar-refractivity contribution >= 4 is 11.6 Å². The van der Waals surface area contributed by atoms with Crippen LogP contribution in [0, 0.1) is 5.82 Å². The fourth-order valence-electron chi connectivity index (χ4n) is 2.55. The third-order valence-electron chi connectivity index (χ3n) is 3.84. The minimum atomic E-state index is -4.53. The van der Waals surface area contributed by atoms with E-state index >= 15 is 0 Å². The molecule has 0 fully saturated rings. The maximum atomic E-state index is 13.5. The molecule has 26 heavy (non-hydrogen) atoms. The maximum absolute atomic E-state index is 13.5. The van der Waals surface area contributed by atoms with Crippen molar-refractivity contribution < 1.29 is 22.4 Å². The van der Waals surface area contributed by atoms with Gasteiger partial charge in [0.25, 0.3) is 0 Å². The van der Waals surface area contributed by atoms with Crippen molar-refractivity contribution in [2.45, 2.75) is 32.0 Å². The highest BCUT2D eigenvalue weighted by Crippen LogP contribution is 2.34. The zero-order chi connectivity index (χ0) is 19.2. The van der Waals surface area contributed by atoms with Crippen LogP contribution in [0.25, 0.3) is 0 Å². The van der Waals surface area contributed by atoms with E-state index in [0.717, 1.165) is 6.07 Å². The molecule has 7 heteroatoms.